The minimum atomic E-state index is 0.0243. The van der Waals surface area contributed by atoms with Gasteiger partial charge in [0.25, 0.3) is 0 Å². The first-order valence-electron chi connectivity index (χ1n) is 10.2. The third-order valence-corrected chi connectivity index (χ3v) is 4.65. The summed E-state index contributed by atoms with van der Waals surface area (Å²) < 4.78 is 11.5. The highest BCUT2D eigenvalue weighted by molar-refractivity contribution is 5.92. The molecule has 0 bridgehead atoms. The first-order chi connectivity index (χ1) is 13.4. The number of unbranched alkanes of at least 4 members (excludes halogenated alkanes) is 1. The first kappa shape index (κ1) is 21.8. The molecule has 2 aromatic carbocycles. The van der Waals surface area contributed by atoms with Gasteiger partial charge in [-0.3, -0.25) is 4.79 Å². The van der Waals surface area contributed by atoms with Gasteiger partial charge >= 0.3 is 0 Å². The van der Waals surface area contributed by atoms with Crippen molar-refractivity contribution in [2.75, 3.05) is 18.5 Å². The molecule has 2 aromatic rings. The fraction of sp³-hybridized carbons (Fsp3) is 0.458. The lowest BCUT2D eigenvalue weighted by Gasteiger charge is -2.14. The van der Waals surface area contributed by atoms with E-state index in [-0.39, 0.29) is 5.91 Å². The van der Waals surface area contributed by atoms with Crippen molar-refractivity contribution in [3.05, 3.63) is 52.6 Å². The molecular formula is C24H33NO3. The van der Waals surface area contributed by atoms with E-state index in [2.05, 4.69) is 31.3 Å². The highest BCUT2D eigenvalue weighted by atomic mass is 16.5. The van der Waals surface area contributed by atoms with Gasteiger partial charge in [-0.25, -0.2) is 0 Å². The van der Waals surface area contributed by atoms with E-state index >= 15 is 0 Å². The molecule has 0 unspecified atom stereocenters. The van der Waals surface area contributed by atoms with Gasteiger partial charge < -0.3 is 14.8 Å². The second kappa shape index (κ2) is 10.7. The van der Waals surface area contributed by atoms with E-state index in [0.717, 1.165) is 46.7 Å². The number of rotatable bonds is 10. The third-order valence-electron chi connectivity index (χ3n) is 4.65. The summed E-state index contributed by atoms with van der Waals surface area (Å²) in [4.78, 5) is 12.5. The van der Waals surface area contributed by atoms with Gasteiger partial charge in [-0.15, -0.1) is 0 Å². The Bertz CT molecular complexity index is 775. The molecule has 4 nitrogen and oxygen atoms in total. The van der Waals surface area contributed by atoms with E-state index in [4.69, 9.17) is 9.47 Å². The molecule has 0 fully saturated rings. The average Bonchev–Trinajstić information content (AvgIpc) is 2.65. The van der Waals surface area contributed by atoms with Crippen molar-refractivity contribution < 1.29 is 14.3 Å². The van der Waals surface area contributed by atoms with Crippen LogP contribution in [0.15, 0.2) is 30.3 Å². The highest BCUT2D eigenvalue weighted by Crippen LogP contribution is 2.29. The van der Waals surface area contributed by atoms with Crippen molar-refractivity contribution in [2.24, 2.45) is 0 Å². The number of carbonyl (C=O) groups excluding carboxylic acids is 1. The quantitative estimate of drug-likeness (QED) is 0.531. The van der Waals surface area contributed by atoms with Gasteiger partial charge in [0, 0.05) is 12.1 Å². The SMILES string of the molecule is CCCCOc1ccc(CCC(=O)Nc2c(C)cc(C)cc2C)cc1OCC. The second-order valence-corrected chi connectivity index (χ2v) is 7.24. The zero-order valence-corrected chi connectivity index (χ0v) is 17.9. The molecule has 0 aromatic heterocycles. The van der Waals surface area contributed by atoms with Crippen LogP contribution in [0.3, 0.4) is 0 Å². The Balaban J connectivity index is 1.99. The fourth-order valence-electron chi connectivity index (χ4n) is 3.26. The molecule has 1 N–H and O–H groups in total. The lowest BCUT2D eigenvalue weighted by Crippen LogP contribution is -2.14. The largest absolute Gasteiger partial charge is 0.490 e. The van der Waals surface area contributed by atoms with Gasteiger partial charge in [0.1, 0.15) is 0 Å². The van der Waals surface area contributed by atoms with E-state index < -0.39 is 0 Å². The van der Waals surface area contributed by atoms with Crippen LogP contribution in [0.1, 0.15) is 55.4 Å². The maximum Gasteiger partial charge on any atom is 0.224 e. The maximum absolute atomic E-state index is 12.5. The number of hydrogen-bond donors (Lipinski definition) is 1. The number of nitrogens with one attached hydrogen (secondary N) is 1. The first-order valence-corrected chi connectivity index (χ1v) is 10.2. The Hall–Kier alpha value is -2.49. The van der Waals surface area contributed by atoms with Crippen LogP contribution in [0.2, 0.25) is 0 Å². The van der Waals surface area contributed by atoms with Crippen LogP contribution in [0.4, 0.5) is 5.69 Å². The van der Waals surface area contributed by atoms with Gasteiger partial charge in [0.05, 0.1) is 13.2 Å². The topological polar surface area (TPSA) is 47.6 Å². The Morgan fingerprint density at radius 3 is 2.32 bits per heavy atom. The molecule has 152 valence electrons. The molecule has 28 heavy (non-hydrogen) atoms. The number of amides is 1. The zero-order valence-electron chi connectivity index (χ0n) is 17.9. The molecule has 4 heteroatoms. The molecule has 0 heterocycles. The standard InChI is InChI=1S/C24H33NO3/c1-6-8-13-28-21-11-9-20(16-22(21)27-7-2)10-12-23(26)25-24-18(4)14-17(3)15-19(24)5/h9,11,14-16H,6-8,10,12-13H2,1-5H3,(H,25,26). The number of ether oxygens (including phenoxy) is 2. The van der Waals surface area contributed by atoms with Crippen LogP contribution in [0.25, 0.3) is 0 Å². The summed E-state index contributed by atoms with van der Waals surface area (Å²) in [6, 6.07) is 10.1. The monoisotopic (exact) mass is 383 g/mol. The van der Waals surface area contributed by atoms with Gasteiger partial charge in [0.2, 0.25) is 5.91 Å². The van der Waals surface area contributed by atoms with Crippen molar-refractivity contribution in [1.82, 2.24) is 0 Å². The van der Waals surface area contributed by atoms with E-state index in [1.54, 1.807) is 0 Å². The second-order valence-electron chi connectivity index (χ2n) is 7.24. The van der Waals surface area contributed by atoms with E-state index in [9.17, 15) is 4.79 Å². The Labute approximate surface area is 169 Å². The number of aryl methyl sites for hydroxylation is 4. The minimum Gasteiger partial charge on any atom is -0.490 e. The fourth-order valence-corrected chi connectivity index (χ4v) is 3.26. The van der Waals surface area contributed by atoms with E-state index in [1.807, 2.05) is 39.0 Å². The number of benzene rings is 2. The van der Waals surface area contributed by atoms with Crippen molar-refractivity contribution in [3.8, 4) is 11.5 Å². The van der Waals surface area contributed by atoms with Gasteiger partial charge in [-0.1, -0.05) is 37.1 Å². The summed E-state index contributed by atoms with van der Waals surface area (Å²) in [6.07, 6.45) is 3.20. The van der Waals surface area contributed by atoms with Crippen LogP contribution in [0, 0.1) is 20.8 Å². The number of carbonyl (C=O) groups is 1. The molecule has 0 saturated heterocycles. The third kappa shape index (κ3) is 6.29. The molecule has 0 atom stereocenters. The molecule has 0 aliphatic rings. The van der Waals surface area contributed by atoms with Gasteiger partial charge in [-0.2, -0.15) is 0 Å². The molecule has 0 aliphatic carbocycles. The van der Waals surface area contributed by atoms with Crippen molar-refractivity contribution in [1.29, 1.82) is 0 Å². The van der Waals surface area contributed by atoms with Gasteiger partial charge in [-0.05, 0) is 69.4 Å². The molecule has 2 rings (SSSR count). The van der Waals surface area contributed by atoms with Crippen LogP contribution in [-0.2, 0) is 11.2 Å². The zero-order chi connectivity index (χ0) is 20.5. The Morgan fingerprint density at radius 1 is 0.964 bits per heavy atom. The van der Waals surface area contributed by atoms with Crippen LogP contribution < -0.4 is 14.8 Å². The predicted octanol–water partition coefficient (Wildman–Crippen LogP) is 5.76. The highest BCUT2D eigenvalue weighted by Gasteiger charge is 2.11. The Morgan fingerprint density at radius 2 is 1.68 bits per heavy atom. The Kier molecular flexibility index (Phi) is 8.37. The van der Waals surface area contributed by atoms with Crippen molar-refractivity contribution in [3.63, 3.8) is 0 Å². The smallest absolute Gasteiger partial charge is 0.224 e. The summed E-state index contributed by atoms with van der Waals surface area (Å²) in [5, 5.41) is 3.07. The molecule has 0 saturated carbocycles. The summed E-state index contributed by atoms with van der Waals surface area (Å²) in [6.45, 7) is 11.5. The normalized spacial score (nSPS) is 10.6. The molecule has 0 aliphatic heterocycles. The molecular weight excluding hydrogens is 350 g/mol. The van der Waals surface area contributed by atoms with Gasteiger partial charge in [0.15, 0.2) is 11.5 Å². The van der Waals surface area contributed by atoms with Crippen LogP contribution in [-0.4, -0.2) is 19.1 Å². The molecule has 1 amide bonds. The number of anilines is 1. The predicted molar refractivity (Wildman–Crippen MR) is 116 cm³/mol. The maximum atomic E-state index is 12.5. The summed E-state index contributed by atoms with van der Waals surface area (Å²) in [5.74, 6) is 1.55. The van der Waals surface area contributed by atoms with E-state index in [0.29, 0.717) is 26.1 Å². The molecule has 0 spiro atoms. The lowest BCUT2D eigenvalue weighted by molar-refractivity contribution is -0.116. The molecule has 0 radical (unpaired) electrons. The summed E-state index contributed by atoms with van der Waals surface area (Å²) in [7, 11) is 0. The van der Waals surface area contributed by atoms with E-state index in [1.165, 1.54) is 5.56 Å². The van der Waals surface area contributed by atoms with Crippen molar-refractivity contribution >= 4 is 11.6 Å². The van der Waals surface area contributed by atoms with Crippen LogP contribution in [0.5, 0.6) is 11.5 Å². The average molecular weight is 384 g/mol. The lowest BCUT2D eigenvalue weighted by atomic mass is 10.0. The number of hydrogen-bond acceptors (Lipinski definition) is 3. The van der Waals surface area contributed by atoms with Crippen molar-refractivity contribution in [2.45, 2.75) is 60.3 Å². The minimum absolute atomic E-state index is 0.0243. The summed E-state index contributed by atoms with van der Waals surface area (Å²) >= 11 is 0. The van der Waals surface area contributed by atoms with Crippen LogP contribution >= 0.6 is 0 Å². The summed E-state index contributed by atoms with van der Waals surface area (Å²) in [5.41, 5.74) is 5.39.